The Morgan fingerprint density at radius 1 is 1.11 bits per heavy atom. The van der Waals surface area contributed by atoms with E-state index in [2.05, 4.69) is 28.1 Å². The molecule has 4 heteroatoms. The van der Waals surface area contributed by atoms with Crippen LogP contribution in [0.3, 0.4) is 0 Å². The van der Waals surface area contributed by atoms with Crippen LogP contribution in [-0.2, 0) is 6.61 Å². The van der Waals surface area contributed by atoms with Gasteiger partial charge in [-0.3, -0.25) is 0 Å². The van der Waals surface area contributed by atoms with Crippen molar-refractivity contribution in [3.05, 3.63) is 58.6 Å². The molecule has 0 heterocycles. The van der Waals surface area contributed by atoms with Gasteiger partial charge in [-0.25, -0.2) is 0 Å². The molecule has 2 aromatic carbocycles. The van der Waals surface area contributed by atoms with Gasteiger partial charge in [-0.15, -0.1) is 11.8 Å². The molecule has 0 unspecified atom stereocenters. The molecule has 0 aliphatic carbocycles. The highest BCUT2D eigenvalue weighted by molar-refractivity contribution is 9.10. The molecule has 0 fully saturated rings. The Morgan fingerprint density at radius 3 is 2.63 bits per heavy atom. The number of halogens is 1. The molecule has 0 amide bonds. The number of hydrogen-bond donors (Lipinski definition) is 1. The van der Waals surface area contributed by atoms with Crippen LogP contribution in [-0.4, -0.2) is 17.5 Å². The van der Waals surface area contributed by atoms with Crippen LogP contribution in [0.25, 0.3) is 0 Å². The van der Waals surface area contributed by atoms with Crippen LogP contribution in [0.2, 0.25) is 0 Å². The molecule has 0 aliphatic rings. The second-order valence-electron chi connectivity index (χ2n) is 3.92. The van der Waals surface area contributed by atoms with Gasteiger partial charge in [0.15, 0.2) is 0 Å². The van der Waals surface area contributed by atoms with E-state index in [-0.39, 0.29) is 6.61 Å². The van der Waals surface area contributed by atoms with Gasteiger partial charge in [0.05, 0.1) is 13.2 Å². The summed E-state index contributed by atoms with van der Waals surface area (Å²) in [6.45, 7) is 0.606. The molecule has 19 heavy (non-hydrogen) atoms. The van der Waals surface area contributed by atoms with Crippen molar-refractivity contribution < 1.29 is 9.84 Å². The fourth-order valence-electron chi connectivity index (χ4n) is 1.64. The second-order valence-corrected chi connectivity index (χ2v) is 6.00. The lowest BCUT2D eigenvalue weighted by molar-refractivity contribution is 0.267. The van der Waals surface area contributed by atoms with Crippen molar-refractivity contribution in [2.45, 2.75) is 11.5 Å². The SMILES string of the molecule is OCc1cc(Br)ccc1OCCSc1ccccc1. The smallest absolute Gasteiger partial charge is 0.124 e. The second kappa shape index (κ2) is 7.58. The standard InChI is InChI=1S/C15H15BrO2S/c16-13-6-7-15(12(10-13)11-17)18-8-9-19-14-4-2-1-3-5-14/h1-7,10,17H,8-9,11H2. The van der Waals surface area contributed by atoms with E-state index in [1.54, 1.807) is 11.8 Å². The summed E-state index contributed by atoms with van der Waals surface area (Å²) >= 11 is 5.14. The first-order valence-corrected chi connectivity index (χ1v) is 7.77. The molecule has 0 aliphatic heterocycles. The predicted octanol–water partition coefficient (Wildman–Crippen LogP) is 4.11. The predicted molar refractivity (Wildman–Crippen MR) is 82.7 cm³/mol. The molecular weight excluding hydrogens is 324 g/mol. The summed E-state index contributed by atoms with van der Waals surface area (Å²) in [5.41, 5.74) is 0.805. The van der Waals surface area contributed by atoms with Crippen LogP contribution < -0.4 is 4.74 Å². The summed E-state index contributed by atoms with van der Waals surface area (Å²) in [5.74, 6) is 1.63. The highest BCUT2D eigenvalue weighted by atomic mass is 79.9. The number of ether oxygens (including phenoxy) is 1. The van der Waals surface area contributed by atoms with Crippen molar-refractivity contribution in [1.82, 2.24) is 0 Å². The Bertz CT molecular complexity index is 517. The van der Waals surface area contributed by atoms with Crippen molar-refractivity contribution >= 4 is 27.7 Å². The molecule has 0 saturated carbocycles. The Hall–Kier alpha value is -0.970. The van der Waals surface area contributed by atoms with Crippen LogP contribution in [0.5, 0.6) is 5.75 Å². The largest absolute Gasteiger partial charge is 0.492 e. The third-order valence-corrected chi connectivity index (χ3v) is 4.02. The molecule has 100 valence electrons. The highest BCUT2D eigenvalue weighted by Gasteiger charge is 2.03. The van der Waals surface area contributed by atoms with Gasteiger partial charge in [0.1, 0.15) is 5.75 Å². The molecular formula is C15H15BrO2S. The van der Waals surface area contributed by atoms with Crippen LogP contribution in [0, 0.1) is 0 Å². The van der Waals surface area contributed by atoms with E-state index in [4.69, 9.17) is 4.74 Å². The zero-order valence-electron chi connectivity index (χ0n) is 10.4. The number of hydrogen-bond acceptors (Lipinski definition) is 3. The van der Waals surface area contributed by atoms with Gasteiger partial charge < -0.3 is 9.84 Å². The quantitative estimate of drug-likeness (QED) is 0.634. The fourth-order valence-corrected chi connectivity index (χ4v) is 2.80. The van der Waals surface area contributed by atoms with Crippen molar-refractivity contribution in [2.24, 2.45) is 0 Å². The Morgan fingerprint density at radius 2 is 1.89 bits per heavy atom. The van der Waals surface area contributed by atoms with E-state index < -0.39 is 0 Å². The van der Waals surface area contributed by atoms with Crippen molar-refractivity contribution in [2.75, 3.05) is 12.4 Å². The molecule has 0 radical (unpaired) electrons. The lowest BCUT2D eigenvalue weighted by Crippen LogP contribution is -2.02. The molecule has 0 spiro atoms. The maximum atomic E-state index is 9.27. The molecule has 2 rings (SSSR count). The zero-order chi connectivity index (χ0) is 13.5. The molecule has 2 nitrogen and oxygen atoms in total. The summed E-state index contributed by atoms with van der Waals surface area (Å²) in [6.07, 6.45) is 0. The van der Waals surface area contributed by atoms with Crippen LogP contribution in [0.15, 0.2) is 57.9 Å². The number of rotatable bonds is 6. The van der Waals surface area contributed by atoms with Crippen molar-refractivity contribution in [1.29, 1.82) is 0 Å². The van der Waals surface area contributed by atoms with E-state index in [1.165, 1.54) is 4.90 Å². The Kier molecular flexibility index (Phi) is 5.76. The third kappa shape index (κ3) is 4.56. The average molecular weight is 339 g/mol. The molecule has 1 N–H and O–H groups in total. The van der Waals surface area contributed by atoms with Gasteiger partial charge in [0, 0.05) is 20.7 Å². The van der Waals surface area contributed by atoms with Crippen LogP contribution >= 0.6 is 27.7 Å². The van der Waals surface area contributed by atoms with Gasteiger partial charge in [0.25, 0.3) is 0 Å². The zero-order valence-corrected chi connectivity index (χ0v) is 12.8. The van der Waals surface area contributed by atoms with Gasteiger partial charge in [-0.1, -0.05) is 34.1 Å². The molecule has 0 bridgehead atoms. The number of benzene rings is 2. The van der Waals surface area contributed by atoms with Crippen LogP contribution in [0.4, 0.5) is 0 Å². The minimum absolute atomic E-state index is 0.0133. The summed E-state index contributed by atoms with van der Waals surface area (Å²) in [6, 6.07) is 15.9. The first-order chi connectivity index (χ1) is 9.29. The summed E-state index contributed by atoms with van der Waals surface area (Å²) in [4.78, 5) is 1.24. The van der Waals surface area contributed by atoms with E-state index in [9.17, 15) is 5.11 Å². The Balaban J connectivity index is 1.83. The number of thioether (sulfide) groups is 1. The first-order valence-electron chi connectivity index (χ1n) is 5.99. The first kappa shape index (κ1) is 14.4. The summed E-state index contributed by atoms with van der Waals surface area (Å²) in [7, 11) is 0. The van der Waals surface area contributed by atoms with Crippen LogP contribution in [0.1, 0.15) is 5.56 Å². The fraction of sp³-hybridized carbons (Fsp3) is 0.200. The van der Waals surface area contributed by atoms with Gasteiger partial charge >= 0.3 is 0 Å². The molecule has 2 aromatic rings. The number of aliphatic hydroxyl groups excluding tert-OH is 1. The molecule has 0 aromatic heterocycles. The average Bonchev–Trinajstić information content (AvgIpc) is 2.46. The van der Waals surface area contributed by atoms with Gasteiger partial charge in [0.2, 0.25) is 0 Å². The summed E-state index contributed by atoms with van der Waals surface area (Å²) < 4.78 is 6.65. The van der Waals surface area contributed by atoms with Gasteiger partial charge in [-0.2, -0.15) is 0 Å². The minimum atomic E-state index is -0.0133. The van der Waals surface area contributed by atoms with E-state index in [0.29, 0.717) is 6.61 Å². The normalized spacial score (nSPS) is 10.4. The van der Waals surface area contributed by atoms with E-state index in [1.807, 2.05) is 36.4 Å². The maximum absolute atomic E-state index is 9.27. The lowest BCUT2D eigenvalue weighted by atomic mass is 10.2. The minimum Gasteiger partial charge on any atom is -0.492 e. The monoisotopic (exact) mass is 338 g/mol. The van der Waals surface area contributed by atoms with E-state index in [0.717, 1.165) is 21.5 Å². The lowest BCUT2D eigenvalue weighted by Gasteiger charge is -2.10. The van der Waals surface area contributed by atoms with E-state index >= 15 is 0 Å². The highest BCUT2D eigenvalue weighted by Crippen LogP contribution is 2.24. The summed E-state index contributed by atoms with van der Waals surface area (Å²) in [5, 5.41) is 9.27. The van der Waals surface area contributed by atoms with Crippen molar-refractivity contribution in [3.8, 4) is 5.75 Å². The number of aliphatic hydroxyl groups is 1. The maximum Gasteiger partial charge on any atom is 0.124 e. The van der Waals surface area contributed by atoms with Crippen molar-refractivity contribution in [3.63, 3.8) is 0 Å². The Labute approximate surface area is 125 Å². The third-order valence-electron chi connectivity index (χ3n) is 2.55. The topological polar surface area (TPSA) is 29.5 Å². The molecule has 0 saturated heterocycles. The van der Waals surface area contributed by atoms with Gasteiger partial charge in [-0.05, 0) is 30.3 Å². The molecule has 0 atom stereocenters.